The van der Waals surface area contributed by atoms with Gasteiger partial charge in [0.2, 0.25) is 0 Å². The van der Waals surface area contributed by atoms with Crippen LogP contribution >= 0.6 is 0 Å². The van der Waals surface area contributed by atoms with Crippen molar-refractivity contribution in [1.82, 2.24) is 0 Å². The molecule has 0 spiro atoms. The Balaban J connectivity index is 2.39. The fourth-order valence-corrected chi connectivity index (χ4v) is 1.91. The highest BCUT2D eigenvalue weighted by Gasteiger charge is 2.13. The molecule has 0 heterocycles. The molecule has 0 aliphatic rings. The van der Waals surface area contributed by atoms with Gasteiger partial charge in [0.1, 0.15) is 23.1 Å². The number of aryl methyl sites for hydroxylation is 1. The summed E-state index contributed by atoms with van der Waals surface area (Å²) in [6.07, 6.45) is 0. The van der Waals surface area contributed by atoms with Gasteiger partial charge in [-0.15, -0.1) is 0 Å². The van der Waals surface area contributed by atoms with E-state index in [9.17, 15) is 4.39 Å². The van der Waals surface area contributed by atoms with Gasteiger partial charge in [0.05, 0.1) is 7.11 Å². The number of hydrogen-bond donors (Lipinski definition) is 1. The Morgan fingerprint density at radius 1 is 1.15 bits per heavy atom. The molecule has 2 N–H and O–H groups in total. The molecule has 3 nitrogen and oxygen atoms in total. The molecule has 0 saturated heterocycles. The van der Waals surface area contributed by atoms with Crippen LogP contribution in [-0.4, -0.2) is 7.11 Å². The van der Waals surface area contributed by atoms with Gasteiger partial charge in [0.25, 0.3) is 0 Å². The van der Waals surface area contributed by atoms with Crippen molar-refractivity contribution in [3.63, 3.8) is 0 Å². The minimum absolute atomic E-state index is 0.282. The number of rotatable bonds is 4. The first kappa shape index (κ1) is 14.3. The highest BCUT2D eigenvalue weighted by atomic mass is 19.1. The fourth-order valence-electron chi connectivity index (χ4n) is 1.91. The molecule has 20 heavy (non-hydrogen) atoms. The second-order valence-electron chi connectivity index (χ2n) is 4.71. The average Bonchev–Trinajstić information content (AvgIpc) is 2.42. The van der Waals surface area contributed by atoms with E-state index in [-0.39, 0.29) is 11.9 Å². The van der Waals surface area contributed by atoms with Crippen LogP contribution in [-0.2, 0) is 0 Å². The van der Waals surface area contributed by atoms with Crippen molar-refractivity contribution >= 4 is 0 Å². The summed E-state index contributed by atoms with van der Waals surface area (Å²) in [7, 11) is 1.59. The van der Waals surface area contributed by atoms with E-state index in [1.54, 1.807) is 33.1 Å². The standard InChI is InChI=1S/C16H18FNO2/c1-10-7-16(14(11(2)18)9-15(10)17)20-13-6-4-5-12(8-13)19-3/h4-9,11H,18H2,1-3H3/t11-/m0/s1. The van der Waals surface area contributed by atoms with Crippen molar-refractivity contribution in [2.45, 2.75) is 19.9 Å². The quantitative estimate of drug-likeness (QED) is 0.918. The molecular weight excluding hydrogens is 257 g/mol. The monoisotopic (exact) mass is 275 g/mol. The molecule has 1 atom stereocenters. The molecular formula is C16H18FNO2. The Morgan fingerprint density at radius 3 is 2.50 bits per heavy atom. The Morgan fingerprint density at radius 2 is 1.85 bits per heavy atom. The van der Waals surface area contributed by atoms with E-state index in [1.807, 2.05) is 18.2 Å². The molecule has 0 unspecified atom stereocenters. The Bertz CT molecular complexity index is 611. The molecule has 0 aromatic heterocycles. The van der Waals surface area contributed by atoms with Crippen molar-refractivity contribution < 1.29 is 13.9 Å². The number of methoxy groups -OCH3 is 1. The maximum atomic E-state index is 13.6. The van der Waals surface area contributed by atoms with Gasteiger partial charge in [-0.1, -0.05) is 6.07 Å². The van der Waals surface area contributed by atoms with Gasteiger partial charge in [-0.05, 0) is 43.7 Å². The third-order valence-electron chi connectivity index (χ3n) is 3.05. The smallest absolute Gasteiger partial charge is 0.132 e. The van der Waals surface area contributed by atoms with Crippen LogP contribution in [0.2, 0.25) is 0 Å². The zero-order valence-electron chi connectivity index (χ0n) is 11.8. The van der Waals surface area contributed by atoms with Crippen LogP contribution in [0, 0.1) is 12.7 Å². The van der Waals surface area contributed by atoms with E-state index in [0.717, 1.165) is 0 Å². The number of hydrogen-bond acceptors (Lipinski definition) is 3. The first-order valence-corrected chi connectivity index (χ1v) is 6.39. The van der Waals surface area contributed by atoms with E-state index >= 15 is 0 Å². The SMILES string of the molecule is COc1cccc(Oc2cc(C)c(F)cc2[C@H](C)N)c1. The Hall–Kier alpha value is -2.07. The summed E-state index contributed by atoms with van der Waals surface area (Å²) in [5, 5.41) is 0. The second kappa shape index (κ2) is 5.92. The molecule has 2 aromatic rings. The topological polar surface area (TPSA) is 44.5 Å². The van der Waals surface area contributed by atoms with Crippen molar-refractivity contribution in [2.24, 2.45) is 5.73 Å². The molecule has 0 radical (unpaired) electrons. The van der Waals surface area contributed by atoms with Gasteiger partial charge in [0.15, 0.2) is 0 Å². The number of nitrogens with two attached hydrogens (primary N) is 1. The second-order valence-corrected chi connectivity index (χ2v) is 4.71. The van der Waals surface area contributed by atoms with Gasteiger partial charge >= 0.3 is 0 Å². The van der Waals surface area contributed by atoms with E-state index in [2.05, 4.69) is 0 Å². The van der Waals surface area contributed by atoms with Crippen LogP contribution in [0.4, 0.5) is 4.39 Å². The minimum Gasteiger partial charge on any atom is -0.497 e. The van der Waals surface area contributed by atoms with Crippen LogP contribution in [0.1, 0.15) is 24.1 Å². The molecule has 0 aliphatic carbocycles. The average molecular weight is 275 g/mol. The van der Waals surface area contributed by atoms with Crippen molar-refractivity contribution in [1.29, 1.82) is 0 Å². The van der Waals surface area contributed by atoms with Crippen LogP contribution in [0.15, 0.2) is 36.4 Å². The summed E-state index contributed by atoms with van der Waals surface area (Å²) in [5.41, 5.74) is 7.03. The molecule has 0 bridgehead atoms. The lowest BCUT2D eigenvalue weighted by Crippen LogP contribution is -2.08. The maximum Gasteiger partial charge on any atom is 0.132 e. The van der Waals surface area contributed by atoms with Gasteiger partial charge in [0, 0.05) is 17.7 Å². The highest BCUT2D eigenvalue weighted by molar-refractivity contribution is 5.44. The van der Waals surface area contributed by atoms with Crippen molar-refractivity contribution in [3.8, 4) is 17.2 Å². The summed E-state index contributed by atoms with van der Waals surface area (Å²) < 4.78 is 24.6. The molecule has 2 aromatic carbocycles. The predicted molar refractivity (Wildman–Crippen MR) is 76.8 cm³/mol. The van der Waals surface area contributed by atoms with Gasteiger partial charge in [-0.25, -0.2) is 4.39 Å². The van der Waals surface area contributed by atoms with Crippen LogP contribution < -0.4 is 15.2 Å². The van der Waals surface area contributed by atoms with Crippen molar-refractivity contribution in [2.75, 3.05) is 7.11 Å². The minimum atomic E-state index is -0.314. The van der Waals surface area contributed by atoms with Crippen LogP contribution in [0.3, 0.4) is 0 Å². The molecule has 0 amide bonds. The highest BCUT2D eigenvalue weighted by Crippen LogP contribution is 2.32. The first-order valence-electron chi connectivity index (χ1n) is 6.39. The fraction of sp³-hybridized carbons (Fsp3) is 0.250. The number of ether oxygens (including phenoxy) is 2. The lowest BCUT2D eigenvalue weighted by Gasteiger charge is -2.15. The Labute approximate surface area is 118 Å². The third-order valence-corrected chi connectivity index (χ3v) is 3.05. The van der Waals surface area contributed by atoms with E-state index in [1.165, 1.54) is 6.07 Å². The summed E-state index contributed by atoms with van der Waals surface area (Å²) in [6.45, 7) is 3.49. The molecule has 0 fully saturated rings. The van der Waals surface area contributed by atoms with E-state index in [0.29, 0.717) is 28.4 Å². The van der Waals surface area contributed by atoms with E-state index in [4.69, 9.17) is 15.2 Å². The zero-order chi connectivity index (χ0) is 14.7. The summed E-state index contributed by atoms with van der Waals surface area (Å²) >= 11 is 0. The summed E-state index contributed by atoms with van der Waals surface area (Å²) in [4.78, 5) is 0. The van der Waals surface area contributed by atoms with Gasteiger partial charge < -0.3 is 15.2 Å². The zero-order valence-corrected chi connectivity index (χ0v) is 11.8. The predicted octanol–water partition coefficient (Wildman–Crippen LogP) is 3.95. The third kappa shape index (κ3) is 3.08. The normalized spacial score (nSPS) is 12.1. The van der Waals surface area contributed by atoms with E-state index < -0.39 is 0 Å². The molecule has 4 heteroatoms. The number of halogens is 1. The largest absolute Gasteiger partial charge is 0.497 e. The van der Waals surface area contributed by atoms with Crippen molar-refractivity contribution in [3.05, 3.63) is 53.3 Å². The molecule has 106 valence electrons. The van der Waals surface area contributed by atoms with Gasteiger partial charge in [-0.3, -0.25) is 0 Å². The number of benzene rings is 2. The van der Waals surface area contributed by atoms with Gasteiger partial charge in [-0.2, -0.15) is 0 Å². The van der Waals surface area contributed by atoms with Crippen LogP contribution in [0.25, 0.3) is 0 Å². The van der Waals surface area contributed by atoms with Crippen LogP contribution in [0.5, 0.6) is 17.2 Å². The summed E-state index contributed by atoms with van der Waals surface area (Å²) in [6, 6.07) is 10.0. The lowest BCUT2D eigenvalue weighted by molar-refractivity contribution is 0.408. The first-order chi connectivity index (χ1) is 9.51. The lowest BCUT2D eigenvalue weighted by atomic mass is 10.1. The molecule has 2 rings (SSSR count). The molecule has 0 aliphatic heterocycles. The summed E-state index contributed by atoms with van der Waals surface area (Å²) in [5.74, 6) is 1.60. The maximum absolute atomic E-state index is 13.6. The molecule has 0 saturated carbocycles. The Kier molecular flexibility index (Phi) is 4.25.